The maximum atomic E-state index is 12.2. The quantitative estimate of drug-likeness (QED) is 0.800. The Hall–Kier alpha value is -2.73. The molecule has 7 heteroatoms. The lowest BCUT2D eigenvalue weighted by molar-refractivity contribution is -0.117. The number of carbonyl (C=O) groups excluding carboxylic acids is 2. The molecule has 1 fully saturated rings. The van der Waals surface area contributed by atoms with Gasteiger partial charge in [0.25, 0.3) is 0 Å². The van der Waals surface area contributed by atoms with E-state index >= 15 is 0 Å². The van der Waals surface area contributed by atoms with Crippen molar-refractivity contribution in [2.24, 2.45) is 0 Å². The molecule has 0 aliphatic carbocycles. The third-order valence-electron chi connectivity index (χ3n) is 4.46. The van der Waals surface area contributed by atoms with E-state index in [2.05, 4.69) is 10.6 Å². The summed E-state index contributed by atoms with van der Waals surface area (Å²) in [5.41, 5.74) is 1.90. The van der Waals surface area contributed by atoms with Crippen molar-refractivity contribution in [3.63, 3.8) is 0 Å². The van der Waals surface area contributed by atoms with Crippen LogP contribution in [-0.4, -0.2) is 38.2 Å². The lowest BCUT2D eigenvalue weighted by Gasteiger charge is -2.17. The minimum Gasteiger partial charge on any atom is -0.497 e. The SMILES string of the molecule is COc1ccc(CCNC(=O)N[C@H]2CC(=O)N(c3ccc(Cl)cc3)C2)cc1. The van der Waals surface area contributed by atoms with E-state index in [1.54, 1.807) is 36.3 Å². The summed E-state index contributed by atoms with van der Waals surface area (Å²) in [6.07, 6.45) is 1.01. The molecule has 1 heterocycles. The molecule has 3 rings (SSSR count). The number of nitrogens with one attached hydrogen (secondary N) is 2. The molecule has 3 amide bonds. The van der Waals surface area contributed by atoms with Crippen LogP contribution in [0.15, 0.2) is 48.5 Å². The van der Waals surface area contributed by atoms with Gasteiger partial charge in [-0.05, 0) is 48.4 Å². The van der Waals surface area contributed by atoms with Crippen LogP contribution in [0.25, 0.3) is 0 Å². The molecule has 0 bridgehead atoms. The molecular formula is C20H22ClN3O3. The van der Waals surface area contributed by atoms with Gasteiger partial charge in [0.1, 0.15) is 5.75 Å². The van der Waals surface area contributed by atoms with Crippen molar-refractivity contribution < 1.29 is 14.3 Å². The summed E-state index contributed by atoms with van der Waals surface area (Å²) in [6, 6.07) is 14.3. The van der Waals surface area contributed by atoms with Gasteiger partial charge in [0.2, 0.25) is 5.91 Å². The second kappa shape index (κ2) is 8.77. The molecule has 2 aromatic rings. The molecule has 6 nitrogen and oxygen atoms in total. The van der Waals surface area contributed by atoms with Gasteiger partial charge in [-0.15, -0.1) is 0 Å². The van der Waals surface area contributed by atoms with Gasteiger partial charge < -0.3 is 20.3 Å². The van der Waals surface area contributed by atoms with Gasteiger partial charge in [0, 0.05) is 30.2 Å². The van der Waals surface area contributed by atoms with E-state index in [9.17, 15) is 9.59 Å². The van der Waals surface area contributed by atoms with Crippen molar-refractivity contribution in [1.29, 1.82) is 0 Å². The zero-order valence-electron chi connectivity index (χ0n) is 15.1. The van der Waals surface area contributed by atoms with Crippen molar-refractivity contribution in [3.8, 4) is 5.75 Å². The normalized spacial score (nSPS) is 16.3. The minimum atomic E-state index is -0.265. The molecule has 1 atom stereocenters. The van der Waals surface area contributed by atoms with Crippen LogP contribution in [0.1, 0.15) is 12.0 Å². The first-order valence-electron chi connectivity index (χ1n) is 8.78. The Kier molecular flexibility index (Phi) is 6.19. The molecule has 0 unspecified atom stereocenters. The average Bonchev–Trinajstić information content (AvgIpc) is 3.03. The number of anilines is 1. The van der Waals surface area contributed by atoms with Crippen molar-refractivity contribution in [2.45, 2.75) is 18.9 Å². The average molecular weight is 388 g/mol. The van der Waals surface area contributed by atoms with E-state index in [1.165, 1.54) is 0 Å². The number of carbonyl (C=O) groups is 2. The summed E-state index contributed by atoms with van der Waals surface area (Å²) in [5, 5.41) is 6.32. The summed E-state index contributed by atoms with van der Waals surface area (Å²) in [4.78, 5) is 26.0. The van der Waals surface area contributed by atoms with Gasteiger partial charge in [0.15, 0.2) is 0 Å². The number of benzene rings is 2. The van der Waals surface area contributed by atoms with Crippen LogP contribution in [0.5, 0.6) is 5.75 Å². The zero-order valence-corrected chi connectivity index (χ0v) is 15.8. The first kappa shape index (κ1) is 19.0. The molecular weight excluding hydrogens is 366 g/mol. The smallest absolute Gasteiger partial charge is 0.315 e. The highest BCUT2D eigenvalue weighted by Gasteiger charge is 2.31. The molecule has 1 aliphatic heterocycles. The number of halogens is 1. The van der Waals surface area contributed by atoms with Crippen LogP contribution in [-0.2, 0) is 11.2 Å². The Bertz CT molecular complexity index is 793. The van der Waals surface area contributed by atoms with Crippen LogP contribution in [0.3, 0.4) is 0 Å². The summed E-state index contributed by atoms with van der Waals surface area (Å²) < 4.78 is 5.12. The standard InChI is InChI=1S/C20H22ClN3O3/c1-27-18-8-2-14(3-9-18)10-11-22-20(26)23-16-12-19(25)24(13-16)17-6-4-15(21)5-7-17/h2-9,16H,10-13H2,1H3,(H2,22,23,26)/t16-/m0/s1. The van der Waals surface area contributed by atoms with Crippen LogP contribution in [0.2, 0.25) is 5.02 Å². The fraction of sp³-hybridized carbons (Fsp3) is 0.300. The Morgan fingerprint density at radius 2 is 1.89 bits per heavy atom. The minimum absolute atomic E-state index is 0.0131. The molecule has 142 valence electrons. The van der Waals surface area contributed by atoms with Gasteiger partial charge >= 0.3 is 6.03 Å². The highest BCUT2D eigenvalue weighted by molar-refractivity contribution is 6.30. The van der Waals surface area contributed by atoms with E-state index in [4.69, 9.17) is 16.3 Å². The number of methoxy groups -OCH3 is 1. The fourth-order valence-electron chi connectivity index (χ4n) is 3.02. The van der Waals surface area contributed by atoms with E-state index in [1.807, 2.05) is 24.3 Å². The Morgan fingerprint density at radius 1 is 1.19 bits per heavy atom. The van der Waals surface area contributed by atoms with Gasteiger partial charge in [-0.3, -0.25) is 4.79 Å². The predicted octanol–water partition coefficient (Wildman–Crippen LogP) is 3.00. The monoisotopic (exact) mass is 387 g/mol. The summed E-state index contributed by atoms with van der Waals surface area (Å²) in [5.74, 6) is 0.793. The third-order valence-corrected chi connectivity index (χ3v) is 4.71. The number of rotatable bonds is 6. The number of amides is 3. The fourth-order valence-corrected chi connectivity index (χ4v) is 3.15. The number of urea groups is 1. The lowest BCUT2D eigenvalue weighted by atomic mass is 10.1. The number of hydrogen-bond acceptors (Lipinski definition) is 3. The summed E-state index contributed by atoms with van der Waals surface area (Å²) in [6.45, 7) is 0.964. The van der Waals surface area contributed by atoms with Crippen molar-refractivity contribution >= 4 is 29.2 Å². The maximum absolute atomic E-state index is 12.2. The Labute approximate surface area is 163 Å². The molecule has 2 aromatic carbocycles. The molecule has 0 radical (unpaired) electrons. The second-order valence-corrected chi connectivity index (χ2v) is 6.82. The number of ether oxygens (including phenoxy) is 1. The van der Waals surface area contributed by atoms with Gasteiger partial charge in [-0.2, -0.15) is 0 Å². The first-order chi connectivity index (χ1) is 13.0. The van der Waals surface area contributed by atoms with E-state index in [0.717, 1.165) is 23.4 Å². The Morgan fingerprint density at radius 3 is 2.56 bits per heavy atom. The second-order valence-electron chi connectivity index (χ2n) is 6.38. The van der Waals surface area contributed by atoms with Gasteiger partial charge in [-0.25, -0.2) is 4.79 Å². The molecule has 0 spiro atoms. The maximum Gasteiger partial charge on any atom is 0.315 e. The van der Waals surface area contributed by atoms with Crippen LogP contribution in [0.4, 0.5) is 10.5 Å². The number of nitrogens with zero attached hydrogens (tertiary/aromatic N) is 1. The van der Waals surface area contributed by atoms with Crippen LogP contribution in [0, 0.1) is 0 Å². The molecule has 1 aliphatic rings. The lowest BCUT2D eigenvalue weighted by Crippen LogP contribution is -2.43. The van der Waals surface area contributed by atoms with E-state index in [0.29, 0.717) is 18.1 Å². The van der Waals surface area contributed by atoms with Crippen LogP contribution >= 0.6 is 11.6 Å². The molecule has 2 N–H and O–H groups in total. The zero-order chi connectivity index (χ0) is 19.2. The van der Waals surface area contributed by atoms with Gasteiger partial charge in [0.05, 0.1) is 13.2 Å². The highest BCUT2D eigenvalue weighted by Crippen LogP contribution is 2.23. The predicted molar refractivity (Wildman–Crippen MR) is 105 cm³/mol. The van der Waals surface area contributed by atoms with Crippen LogP contribution < -0.4 is 20.3 Å². The van der Waals surface area contributed by atoms with Crippen molar-refractivity contribution in [3.05, 3.63) is 59.1 Å². The largest absolute Gasteiger partial charge is 0.497 e. The van der Waals surface area contributed by atoms with Gasteiger partial charge in [-0.1, -0.05) is 23.7 Å². The van der Waals surface area contributed by atoms with E-state index in [-0.39, 0.29) is 24.4 Å². The number of hydrogen-bond donors (Lipinski definition) is 2. The summed E-state index contributed by atoms with van der Waals surface area (Å²) >= 11 is 5.89. The van der Waals surface area contributed by atoms with Crippen molar-refractivity contribution in [2.75, 3.05) is 25.1 Å². The van der Waals surface area contributed by atoms with Crippen molar-refractivity contribution in [1.82, 2.24) is 10.6 Å². The Balaban J connectivity index is 1.44. The molecule has 0 aromatic heterocycles. The first-order valence-corrected chi connectivity index (χ1v) is 9.16. The summed E-state index contributed by atoms with van der Waals surface area (Å²) in [7, 11) is 1.63. The topological polar surface area (TPSA) is 70.7 Å². The van der Waals surface area contributed by atoms with E-state index < -0.39 is 0 Å². The highest BCUT2D eigenvalue weighted by atomic mass is 35.5. The molecule has 1 saturated heterocycles. The molecule has 0 saturated carbocycles. The third kappa shape index (κ3) is 5.14. The molecule has 27 heavy (non-hydrogen) atoms.